The monoisotopic (exact) mass is 275 g/mol. The van der Waals surface area contributed by atoms with Crippen LogP contribution in [-0.4, -0.2) is 42.5 Å². The Morgan fingerprint density at radius 1 is 1.30 bits per heavy atom. The molecule has 1 aliphatic heterocycles. The number of hydrogen-bond donors (Lipinski definition) is 0. The van der Waals surface area contributed by atoms with Crippen molar-refractivity contribution < 1.29 is 9.53 Å². The molecule has 1 heterocycles. The van der Waals surface area contributed by atoms with Gasteiger partial charge in [0.1, 0.15) is 0 Å². The minimum atomic E-state index is -0.0637. The van der Waals surface area contributed by atoms with Crippen LogP contribution in [0.15, 0.2) is 24.3 Å². The molecule has 0 aliphatic carbocycles. The van der Waals surface area contributed by atoms with Crippen molar-refractivity contribution in [2.75, 3.05) is 26.3 Å². The van der Waals surface area contributed by atoms with E-state index in [2.05, 4.69) is 44.7 Å². The lowest BCUT2D eigenvalue weighted by Crippen LogP contribution is -2.54. The second kappa shape index (κ2) is 6.06. The largest absolute Gasteiger partial charge is 0.378 e. The lowest BCUT2D eigenvalue weighted by atomic mass is 9.98. The van der Waals surface area contributed by atoms with Gasteiger partial charge in [0.25, 0.3) is 0 Å². The van der Waals surface area contributed by atoms with E-state index in [1.54, 1.807) is 0 Å². The number of carbonyl (C=O) groups is 1. The number of ketones is 1. The van der Waals surface area contributed by atoms with Crippen molar-refractivity contribution in [3.63, 3.8) is 0 Å². The standard InChI is InChI=1S/C17H25NO2/c1-13(2)14-5-7-15(8-6-14)16(19)11-18-9-10-20-12-17(18,3)4/h5-8,13H,9-12H2,1-4H3. The molecule has 0 N–H and O–H groups in total. The Morgan fingerprint density at radius 2 is 1.95 bits per heavy atom. The number of nitrogens with zero attached hydrogens (tertiary/aromatic N) is 1. The van der Waals surface area contributed by atoms with Crippen LogP contribution in [0.5, 0.6) is 0 Å². The summed E-state index contributed by atoms with van der Waals surface area (Å²) in [6, 6.07) is 8.01. The summed E-state index contributed by atoms with van der Waals surface area (Å²) in [6.45, 7) is 11.3. The molecule has 1 saturated heterocycles. The fourth-order valence-electron chi connectivity index (χ4n) is 2.50. The van der Waals surface area contributed by atoms with Gasteiger partial charge in [0.15, 0.2) is 5.78 Å². The van der Waals surface area contributed by atoms with Crippen LogP contribution in [0.1, 0.15) is 49.5 Å². The van der Waals surface area contributed by atoms with E-state index >= 15 is 0 Å². The van der Waals surface area contributed by atoms with Crippen LogP contribution < -0.4 is 0 Å². The van der Waals surface area contributed by atoms with Crippen molar-refractivity contribution in [2.24, 2.45) is 0 Å². The molecule has 0 saturated carbocycles. The van der Waals surface area contributed by atoms with Gasteiger partial charge in [-0.15, -0.1) is 0 Å². The van der Waals surface area contributed by atoms with E-state index in [0.717, 1.165) is 12.1 Å². The van der Waals surface area contributed by atoms with Gasteiger partial charge in [-0.1, -0.05) is 38.1 Å². The zero-order valence-corrected chi connectivity index (χ0v) is 13.0. The van der Waals surface area contributed by atoms with Gasteiger partial charge in [-0.3, -0.25) is 9.69 Å². The molecule has 20 heavy (non-hydrogen) atoms. The van der Waals surface area contributed by atoms with Gasteiger partial charge < -0.3 is 4.74 Å². The Balaban J connectivity index is 2.04. The Kier molecular flexibility index (Phi) is 4.61. The van der Waals surface area contributed by atoms with Crippen LogP contribution in [0.25, 0.3) is 0 Å². The van der Waals surface area contributed by atoms with E-state index < -0.39 is 0 Å². The van der Waals surface area contributed by atoms with Crippen molar-refractivity contribution in [1.82, 2.24) is 4.90 Å². The number of ether oxygens (including phenoxy) is 1. The molecule has 3 heteroatoms. The maximum absolute atomic E-state index is 12.4. The Labute approximate surface area is 121 Å². The molecule has 0 bridgehead atoms. The number of rotatable bonds is 4. The average Bonchev–Trinajstić information content (AvgIpc) is 2.41. The van der Waals surface area contributed by atoms with Crippen LogP contribution >= 0.6 is 0 Å². The minimum Gasteiger partial charge on any atom is -0.378 e. The predicted molar refractivity (Wildman–Crippen MR) is 81.3 cm³/mol. The summed E-state index contributed by atoms with van der Waals surface area (Å²) in [5.41, 5.74) is 2.01. The fourth-order valence-corrected chi connectivity index (χ4v) is 2.50. The quantitative estimate of drug-likeness (QED) is 0.791. The molecule has 110 valence electrons. The highest BCUT2D eigenvalue weighted by Crippen LogP contribution is 2.20. The molecular weight excluding hydrogens is 250 g/mol. The molecule has 1 fully saturated rings. The van der Waals surface area contributed by atoms with Crippen molar-refractivity contribution in [1.29, 1.82) is 0 Å². The first-order valence-corrected chi connectivity index (χ1v) is 7.36. The first kappa shape index (κ1) is 15.2. The first-order chi connectivity index (χ1) is 9.40. The molecule has 3 nitrogen and oxygen atoms in total. The number of morpholine rings is 1. The minimum absolute atomic E-state index is 0.0637. The molecule has 1 aromatic rings. The smallest absolute Gasteiger partial charge is 0.176 e. The summed E-state index contributed by atoms with van der Waals surface area (Å²) in [7, 11) is 0. The third kappa shape index (κ3) is 3.47. The van der Waals surface area contributed by atoms with Crippen LogP contribution in [0.2, 0.25) is 0 Å². The predicted octanol–water partition coefficient (Wildman–Crippen LogP) is 3.10. The molecular formula is C17H25NO2. The van der Waals surface area contributed by atoms with E-state index in [1.165, 1.54) is 5.56 Å². The molecule has 2 rings (SSSR count). The number of Topliss-reactive ketones (excluding diaryl/α,β-unsaturated/α-hetero) is 1. The number of carbonyl (C=O) groups excluding carboxylic acids is 1. The van der Waals surface area contributed by atoms with Gasteiger partial charge in [-0.05, 0) is 25.3 Å². The molecule has 0 radical (unpaired) electrons. The Morgan fingerprint density at radius 3 is 2.50 bits per heavy atom. The van der Waals surface area contributed by atoms with Gasteiger partial charge in [0, 0.05) is 17.6 Å². The summed E-state index contributed by atoms with van der Waals surface area (Å²) in [4.78, 5) is 14.6. The van der Waals surface area contributed by atoms with Gasteiger partial charge in [-0.2, -0.15) is 0 Å². The summed E-state index contributed by atoms with van der Waals surface area (Å²) in [6.07, 6.45) is 0. The van der Waals surface area contributed by atoms with E-state index in [4.69, 9.17) is 4.74 Å². The average molecular weight is 275 g/mol. The Bertz CT molecular complexity index is 462. The van der Waals surface area contributed by atoms with E-state index in [9.17, 15) is 4.79 Å². The molecule has 0 spiro atoms. The SMILES string of the molecule is CC(C)c1ccc(C(=O)CN2CCOCC2(C)C)cc1. The van der Waals surface area contributed by atoms with Crippen molar-refractivity contribution >= 4 is 5.78 Å². The van der Waals surface area contributed by atoms with Crippen molar-refractivity contribution in [3.8, 4) is 0 Å². The summed E-state index contributed by atoms with van der Waals surface area (Å²) in [5.74, 6) is 0.688. The van der Waals surface area contributed by atoms with Gasteiger partial charge >= 0.3 is 0 Å². The molecule has 0 aromatic heterocycles. The van der Waals surface area contributed by atoms with E-state index in [0.29, 0.717) is 25.7 Å². The van der Waals surface area contributed by atoms with E-state index in [-0.39, 0.29) is 11.3 Å². The molecule has 0 amide bonds. The summed E-state index contributed by atoms with van der Waals surface area (Å²) < 4.78 is 5.49. The maximum Gasteiger partial charge on any atom is 0.176 e. The van der Waals surface area contributed by atoms with Gasteiger partial charge in [-0.25, -0.2) is 0 Å². The highest BCUT2D eigenvalue weighted by Gasteiger charge is 2.31. The van der Waals surface area contributed by atoms with Crippen LogP contribution in [-0.2, 0) is 4.74 Å². The molecule has 0 unspecified atom stereocenters. The molecule has 1 aliphatic rings. The van der Waals surface area contributed by atoms with Crippen molar-refractivity contribution in [3.05, 3.63) is 35.4 Å². The third-order valence-corrected chi connectivity index (χ3v) is 4.05. The van der Waals surface area contributed by atoms with Gasteiger partial charge in [0.05, 0.1) is 19.8 Å². The summed E-state index contributed by atoms with van der Waals surface area (Å²) in [5, 5.41) is 0. The zero-order chi connectivity index (χ0) is 14.8. The second-order valence-electron chi connectivity index (χ2n) is 6.49. The first-order valence-electron chi connectivity index (χ1n) is 7.36. The summed E-state index contributed by atoms with van der Waals surface area (Å²) >= 11 is 0. The second-order valence-corrected chi connectivity index (χ2v) is 6.49. The lowest BCUT2D eigenvalue weighted by Gasteiger charge is -2.41. The molecule has 0 atom stereocenters. The van der Waals surface area contributed by atoms with Crippen molar-refractivity contribution in [2.45, 2.75) is 39.2 Å². The fraction of sp³-hybridized carbons (Fsp3) is 0.588. The zero-order valence-electron chi connectivity index (χ0n) is 13.0. The third-order valence-electron chi connectivity index (χ3n) is 4.05. The van der Waals surface area contributed by atoms with E-state index in [1.807, 2.05) is 12.1 Å². The highest BCUT2D eigenvalue weighted by atomic mass is 16.5. The Hall–Kier alpha value is -1.19. The van der Waals surface area contributed by atoms with Crippen LogP contribution in [0, 0.1) is 0 Å². The van der Waals surface area contributed by atoms with Crippen LogP contribution in [0.3, 0.4) is 0 Å². The van der Waals surface area contributed by atoms with Gasteiger partial charge in [0.2, 0.25) is 0 Å². The lowest BCUT2D eigenvalue weighted by molar-refractivity contribution is -0.0467. The number of hydrogen-bond acceptors (Lipinski definition) is 3. The molecule has 1 aromatic carbocycles. The highest BCUT2D eigenvalue weighted by molar-refractivity contribution is 5.97. The van der Waals surface area contributed by atoms with Crippen LogP contribution in [0.4, 0.5) is 0 Å². The number of benzene rings is 1. The topological polar surface area (TPSA) is 29.5 Å². The normalized spacial score (nSPS) is 19.2. The maximum atomic E-state index is 12.4.